The molecule has 308 valence electrons. The zero-order valence-corrected chi connectivity index (χ0v) is 35.0. The third-order valence-electron chi connectivity index (χ3n) is 8.94. The number of carbonyl (C=O) groups excluding carboxylic acids is 3. The van der Waals surface area contributed by atoms with Gasteiger partial charge in [0.25, 0.3) is 0 Å². The van der Waals surface area contributed by atoms with Gasteiger partial charge in [-0.3, -0.25) is 14.4 Å². The summed E-state index contributed by atoms with van der Waals surface area (Å²) in [5.41, 5.74) is 0. The van der Waals surface area contributed by atoms with Gasteiger partial charge >= 0.3 is 17.9 Å². The van der Waals surface area contributed by atoms with E-state index in [9.17, 15) is 14.4 Å². The van der Waals surface area contributed by atoms with Crippen molar-refractivity contribution in [2.45, 2.75) is 200 Å². The summed E-state index contributed by atoms with van der Waals surface area (Å²) in [5.74, 6) is -1.04. The first-order chi connectivity index (χ1) is 26.5. The first-order valence-electron chi connectivity index (χ1n) is 22.0. The highest BCUT2D eigenvalue weighted by molar-refractivity contribution is 5.71. The molecule has 0 spiro atoms. The normalized spacial score (nSPS) is 12.7. The molecule has 54 heavy (non-hydrogen) atoms. The maximum Gasteiger partial charge on any atom is 0.306 e. The third-order valence-corrected chi connectivity index (χ3v) is 8.94. The van der Waals surface area contributed by atoms with E-state index >= 15 is 0 Å². The van der Waals surface area contributed by atoms with Crippen LogP contribution in [0, 0.1) is 0 Å². The Hall–Kier alpha value is -3.15. The summed E-state index contributed by atoms with van der Waals surface area (Å²) >= 11 is 0. The van der Waals surface area contributed by atoms with Crippen molar-refractivity contribution < 1.29 is 28.6 Å². The smallest absolute Gasteiger partial charge is 0.306 e. The predicted molar refractivity (Wildman–Crippen MR) is 228 cm³/mol. The highest BCUT2D eigenvalue weighted by Gasteiger charge is 2.19. The van der Waals surface area contributed by atoms with Gasteiger partial charge in [0.2, 0.25) is 0 Å². The molecular weight excluding hydrogens is 673 g/mol. The number of carbonyl (C=O) groups is 3. The minimum Gasteiger partial charge on any atom is -0.462 e. The number of allylic oxidation sites excluding steroid dienone is 12. The van der Waals surface area contributed by atoms with Crippen molar-refractivity contribution in [3.8, 4) is 0 Å². The summed E-state index contributed by atoms with van der Waals surface area (Å²) in [5, 5.41) is 0. The van der Waals surface area contributed by atoms with E-state index < -0.39 is 6.10 Å². The van der Waals surface area contributed by atoms with Crippen molar-refractivity contribution in [2.24, 2.45) is 0 Å². The second kappa shape index (κ2) is 42.6. The van der Waals surface area contributed by atoms with Gasteiger partial charge in [0.1, 0.15) is 13.2 Å². The Labute approximate surface area is 332 Å². The minimum atomic E-state index is -0.820. The van der Waals surface area contributed by atoms with E-state index in [1.807, 2.05) is 0 Å². The second-order valence-corrected chi connectivity index (χ2v) is 14.2. The van der Waals surface area contributed by atoms with E-state index in [1.54, 1.807) is 0 Å². The lowest BCUT2D eigenvalue weighted by Gasteiger charge is -2.18. The first-order valence-corrected chi connectivity index (χ1v) is 22.0. The average molecular weight is 753 g/mol. The molecule has 0 radical (unpaired) electrons. The maximum absolute atomic E-state index is 12.6. The quantitative estimate of drug-likeness (QED) is 0.0205. The van der Waals surface area contributed by atoms with Crippen molar-refractivity contribution in [2.75, 3.05) is 13.2 Å². The molecule has 0 aromatic heterocycles. The van der Waals surface area contributed by atoms with Gasteiger partial charge in [-0.2, -0.15) is 0 Å². The van der Waals surface area contributed by atoms with Gasteiger partial charge in [-0.05, 0) is 89.9 Å². The third kappa shape index (κ3) is 40.0. The topological polar surface area (TPSA) is 78.9 Å². The van der Waals surface area contributed by atoms with Gasteiger partial charge in [-0.15, -0.1) is 0 Å². The molecule has 0 aliphatic rings. The summed E-state index contributed by atoms with van der Waals surface area (Å²) in [6.07, 6.45) is 51.9. The number of esters is 3. The minimum absolute atomic E-state index is 0.119. The molecule has 0 aliphatic heterocycles. The van der Waals surface area contributed by atoms with Crippen LogP contribution < -0.4 is 0 Å². The molecule has 6 heteroatoms. The number of unbranched alkanes of at least 4 members (excludes halogenated alkanes) is 16. The average Bonchev–Trinajstić information content (AvgIpc) is 3.17. The summed E-state index contributed by atoms with van der Waals surface area (Å²) in [6, 6.07) is 0. The van der Waals surface area contributed by atoms with Gasteiger partial charge < -0.3 is 14.2 Å². The highest BCUT2D eigenvalue weighted by Crippen LogP contribution is 2.11. The Morgan fingerprint density at radius 3 is 1.35 bits per heavy atom. The maximum atomic E-state index is 12.6. The summed E-state index contributed by atoms with van der Waals surface area (Å²) < 4.78 is 16.5. The molecule has 0 aromatic rings. The number of ether oxygens (including phenoxy) is 3. The largest absolute Gasteiger partial charge is 0.462 e. The van der Waals surface area contributed by atoms with Crippen LogP contribution in [-0.2, 0) is 28.6 Å². The predicted octanol–water partition coefficient (Wildman–Crippen LogP) is 13.9. The zero-order valence-electron chi connectivity index (χ0n) is 35.0. The van der Waals surface area contributed by atoms with Crippen LogP contribution in [-0.4, -0.2) is 37.2 Å². The van der Waals surface area contributed by atoms with Crippen LogP contribution in [0.25, 0.3) is 0 Å². The van der Waals surface area contributed by atoms with Crippen molar-refractivity contribution in [1.82, 2.24) is 0 Å². The monoisotopic (exact) mass is 753 g/mol. The Morgan fingerprint density at radius 2 is 0.796 bits per heavy atom. The van der Waals surface area contributed by atoms with E-state index in [4.69, 9.17) is 14.2 Å². The molecule has 0 N–H and O–H groups in total. The van der Waals surface area contributed by atoms with Crippen LogP contribution in [0.4, 0.5) is 0 Å². The van der Waals surface area contributed by atoms with Gasteiger partial charge in [0.05, 0.1) is 0 Å². The fraction of sp³-hybridized carbons (Fsp3) is 0.688. The summed E-state index contributed by atoms with van der Waals surface area (Å²) in [4.78, 5) is 37.5. The molecule has 0 saturated carbocycles. The van der Waals surface area contributed by atoms with Crippen molar-refractivity contribution in [3.05, 3.63) is 72.9 Å². The van der Waals surface area contributed by atoms with E-state index in [1.165, 1.54) is 70.6 Å². The Kier molecular flexibility index (Phi) is 40.1. The SMILES string of the molecule is CC/C=C\C/C=C\C/C=C\CCCC(=O)OC(COC(=O)CCC/C=C\CCCCCC)COC(=O)CCCCC/C=C\C=C/CCCCCCCCC. The molecule has 0 aliphatic carbocycles. The number of hydrogen-bond donors (Lipinski definition) is 0. The lowest BCUT2D eigenvalue weighted by atomic mass is 10.1. The molecule has 6 nitrogen and oxygen atoms in total. The molecule has 0 rings (SSSR count). The fourth-order valence-electron chi connectivity index (χ4n) is 5.63. The molecular formula is C48H80O6. The Morgan fingerprint density at radius 1 is 0.407 bits per heavy atom. The van der Waals surface area contributed by atoms with Crippen LogP contribution in [0.5, 0.6) is 0 Å². The molecule has 0 bridgehead atoms. The molecule has 1 unspecified atom stereocenters. The van der Waals surface area contributed by atoms with Gasteiger partial charge in [0, 0.05) is 19.3 Å². The van der Waals surface area contributed by atoms with E-state index in [-0.39, 0.29) is 37.5 Å². The van der Waals surface area contributed by atoms with E-state index in [0.717, 1.165) is 70.6 Å². The molecule has 0 fully saturated rings. The summed E-state index contributed by atoms with van der Waals surface area (Å²) in [7, 11) is 0. The van der Waals surface area contributed by atoms with Gasteiger partial charge in [-0.25, -0.2) is 0 Å². The first kappa shape index (κ1) is 50.9. The zero-order chi connectivity index (χ0) is 39.4. The van der Waals surface area contributed by atoms with Gasteiger partial charge in [-0.1, -0.05) is 158 Å². The lowest BCUT2D eigenvalue weighted by Crippen LogP contribution is -2.30. The molecule has 0 heterocycles. The van der Waals surface area contributed by atoms with Crippen LogP contribution in [0.3, 0.4) is 0 Å². The lowest BCUT2D eigenvalue weighted by molar-refractivity contribution is -0.167. The molecule has 0 saturated heterocycles. The Balaban J connectivity index is 4.48. The van der Waals surface area contributed by atoms with Crippen LogP contribution in [0.2, 0.25) is 0 Å². The van der Waals surface area contributed by atoms with Gasteiger partial charge in [0.15, 0.2) is 6.10 Å². The van der Waals surface area contributed by atoms with E-state index in [2.05, 4.69) is 93.7 Å². The van der Waals surface area contributed by atoms with Crippen LogP contribution in [0.15, 0.2) is 72.9 Å². The molecule has 1 atom stereocenters. The number of rotatable bonds is 38. The Bertz CT molecular complexity index is 1050. The van der Waals surface area contributed by atoms with E-state index in [0.29, 0.717) is 25.7 Å². The van der Waals surface area contributed by atoms with Crippen LogP contribution in [0.1, 0.15) is 194 Å². The van der Waals surface area contributed by atoms with Crippen LogP contribution >= 0.6 is 0 Å². The van der Waals surface area contributed by atoms with Crippen molar-refractivity contribution in [3.63, 3.8) is 0 Å². The van der Waals surface area contributed by atoms with Crippen molar-refractivity contribution in [1.29, 1.82) is 0 Å². The highest BCUT2D eigenvalue weighted by atomic mass is 16.6. The fourth-order valence-corrected chi connectivity index (χ4v) is 5.63. The number of hydrogen-bond acceptors (Lipinski definition) is 6. The molecule has 0 aromatic carbocycles. The second-order valence-electron chi connectivity index (χ2n) is 14.2. The van der Waals surface area contributed by atoms with Crippen molar-refractivity contribution >= 4 is 17.9 Å². The standard InChI is InChI=1S/C48H80O6/c1-4-7-10-13-16-19-21-22-23-24-25-27-29-32-35-38-41-47(50)53-44-45(43-52-46(49)40-37-34-31-28-18-15-12-9-6-3)54-48(51)42-39-36-33-30-26-20-17-14-11-8-5-2/h8,11,17,20,23-25,27-28,30-31,33,45H,4-7,9-10,12-16,18-19,21-22,26,29,32,34-44H2,1-3H3/b11-8-,20-17-,24-23-,27-25-,31-28-,33-30-. The molecule has 0 amide bonds. The summed E-state index contributed by atoms with van der Waals surface area (Å²) in [6.45, 7) is 6.35.